The molecular weight excluding hydrogens is 266 g/mol. The molecule has 0 aliphatic rings. The number of aryl methyl sites for hydroxylation is 2. The highest BCUT2D eigenvalue weighted by Gasteiger charge is 2.19. The van der Waals surface area contributed by atoms with Gasteiger partial charge < -0.3 is 4.52 Å². The molecule has 7 heteroatoms. The van der Waals surface area contributed by atoms with Gasteiger partial charge in [-0.05, 0) is 31.5 Å². The van der Waals surface area contributed by atoms with Crippen molar-refractivity contribution in [3.63, 3.8) is 0 Å². The van der Waals surface area contributed by atoms with Gasteiger partial charge in [-0.25, -0.2) is 13.1 Å². The predicted molar refractivity (Wildman–Crippen MR) is 67.9 cm³/mol. The summed E-state index contributed by atoms with van der Waals surface area (Å²) in [4.78, 5) is 0.0422. The standard InChI is InChI=1S/C12H11N3O3S/c1-8-3-4-10(7-13)6-11(8)19(16,17)15-12-5-9(2)14-18-12/h3-6,15H,1-2H3. The second-order valence-corrected chi connectivity index (χ2v) is 5.68. The average molecular weight is 277 g/mol. The lowest BCUT2D eigenvalue weighted by Gasteiger charge is -2.07. The maximum absolute atomic E-state index is 12.2. The second-order valence-electron chi connectivity index (χ2n) is 4.03. The van der Waals surface area contributed by atoms with Crippen LogP contribution in [0, 0.1) is 25.2 Å². The zero-order valence-corrected chi connectivity index (χ0v) is 11.2. The first-order chi connectivity index (χ1) is 8.92. The van der Waals surface area contributed by atoms with Gasteiger partial charge in [0.05, 0.1) is 22.2 Å². The van der Waals surface area contributed by atoms with Gasteiger partial charge in [0.2, 0.25) is 5.88 Å². The van der Waals surface area contributed by atoms with Gasteiger partial charge in [-0.1, -0.05) is 11.2 Å². The largest absolute Gasteiger partial charge is 0.338 e. The van der Waals surface area contributed by atoms with E-state index in [2.05, 4.69) is 9.88 Å². The molecule has 98 valence electrons. The van der Waals surface area contributed by atoms with Crippen LogP contribution in [0.5, 0.6) is 0 Å². The molecule has 1 aromatic carbocycles. The zero-order valence-electron chi connectivity index (χ0n) is 10.3. The summed E-state index contributed by atoms with van der Waals surface area (Å²) in [5, 5.41) is 12.4. The van der Waals surface area contributed by atoms with Crippen molar-refractivity contribution in [2.24, 2.45) is 0 Å². The molecule has 1 heterocycles. The molecule has 0 aliphatic carbocycles. The molecule has 0 fully saturated rings. The molecule has 19 heavy (non-hydrogen) atoms. The van der Waals surface area contributed by atoms with E-state index >= 15 is 0 Å². The van der Waals surface area contributed by atoms with E-state index in [1.165, 1.54) is 12.1 Å². The summed E-state index contributed by atoms with van der Waals surface area (Å²) in [6, 6.07) is 7.84. The number of hydrogen-bond donors (Lipinski definition) is 1. The summed E-state index contributed by atoms with van der Waals surface area (Å²) >= 11 is 0. The van der Waals surface area contributed by atoms with Crippen molar-refractivity contribution in [2.45, 2.75) is 18.7 Å². The number of nitrogens with one attached hydrogen (secondary N) is 1. The Bertz CT molecular complexity index is 757. The van der Waals surface area contributed by atoms with Crippen molar-refractivity contribution in [3.05, 3.63) is 41.1 Å². The Labute approximate surface area is 110 Å². The van der Waals surface area contributed by atoms with E-state index in [0.717, 1.165) is 0 Å². The van der Waals surface area contributed by atoms with E-state index in [-0.39, 0.29) is 16.3 Å². The fourth-order valence-electron chi connectivity index (χ4n) is 1.56. The molecule has 0 bridgehead atoms. The number of nitrogens with zero attached hydrogens (tertiary/aromatic N) is 2. The summed E-state index contributed by atoms with van der Waals surface area (Å²) in [5.74, 6) is 0.0410. The zero-order chi connectivity index (χ0) is 14.0. The quantitative estimate of drug-likeness (QED) is 0.925. The van der Waals surface area contributed by atoms with Crippen LogP contribution in [0.15, 0.2) is 33.7 Å². The summed E-state index contributed by atoms with van der Waals surface area (Å²) in [5.41, 5.74) is 1.39. The first-order valence-corrected chi connectivity index (χ1v) is 6.87. The normalized spacial score (nSPS) is 11.0. The lowest BCUT2D eigenvalue weighted by molar-refractivity contribution is 0.430. The number of hydrogen-bond acceptors (Lipinski definition) is 5. The molecule has 0 spiro atoms. The van der Waals surface area contributed by atoms with Crippen LogP contribution in [0.3, 0.4) is 0 Å². The van der Waals surface area contributed by atoms with E-state index in [1.807, 2.05) is 6.07 Å². The Hall–Kier alpha value is -2.33. The van der Waals surface area contributed by atoms with Crippen molar-refractivity contribution in [2.75, 3.05) is 4.72 Å². The highest BCUT2D eigenvalue weighted by Crippen LogP contribution is 2.20. The topological polar surface area (TPSA) is 96.0 Å². The minimum atomic E-state index is -3.80. The maximum Gasteiger partial charge on any atom is 0.264 e. The molecule has 2 rings (SSSR count). The molecule has 1 aromatic heterocycles. The van der Waals surface area contributed by atoms with Crippen LogP contribution < -0.4 is 4.72 Å². The molecule has 0 unspecified atom stereocenters. The SMILES string of the molecule is Cc1cc(NS(=O)(=O)c2cc(C#N)ccc2C)on1. The number of rotatable bonds is 3. The fourth-order valence-corrected chi connectivity index (χ4v) is 2.80. The van der Waals surface area contributed by atoms with Gasteiger partial charge in [-0.2, -0.15) is 5.26 Å². The molecular formula is C12H11N3O3S. The second kappa shape index (κ2) is 4.74. The third-order valence-corrected chi connectivity index (χ3v) is 3.96. The molecule has 6 nitrogen and oxygen atoms in total. The number of sulfonamides is 1. The van der Waals surface area contributed by atoms with Crippen LogP contribution in [-0.4, -0.2) is 13.6 Å². The summed E-state index contributed by atoms with van der Waals surface area (Å²) < 4.78 is 31.5. The van der Waals surface area contributed by atoms with Crippen molar-refractivity contribution >= 4 is 15.9 Å². The van der Waals surface area contributed by atoms with Crippen LogP contribution in [0.4, 0.5) is 5.88 Å². The third-order valence-electron chi connectivity index (χ3n) is 2.47. The van der Waals surface area contributed by atoms with Crippen LogP contribution >= 0.6 is 0 Å². The van der Waals surface area contributed by atoms with Crippen molar-refractivity contribution < 1.29 is 12.9 Å². The highest BCUT2D eigenvalue weighted by atomic mass is 32.2. The van der Waals surface area contributed by atoms with Crippen LogP contribution in [0.2, 0.25) is 0 Å². The molecule has 0 saturated carbocycles. The molecule has 0 amide bonds. The van der Waals surface area contributed by atoms with E-state index in [4.69, 9.17) is 9.78 Å². The number of benzene rings is 1. The molecule has 0 radical (unpaired) electrons. The van der Waals surface area contributed by atoms with Crippen LogP contribution in [-0.2, 0) is 10.0 Å². The van der Waals surface area contributed by atoms with Crippen LogP contribution in [0.25, 0.3) is 0 Å². The minimum absolute atomic E-state index is 0.0410. The third kappa shape index (κ3) is 2.74. The van der Waals surface area contributed by atoms with E-state index in [0.29, 0.717) is 11.3 Å². The van der Waals surface area contributed by atoms with Gasteiger partial charge >= 0.3 is 0 Å². The first-order valence-electron chi connectivity index (χ1n) is 5.39. The number of anilines is 1. The van der Waals surface area contributed by atoms with E-state index in [1.54, 1.807) is 26.0 Å². The van der Waals surface area contributed by atoms with Crippen LogP contribution in [0.1, 0.15) is 16.8 Å². The van der Waals surface area contributed by atoms with Crippen molar-refractivity contribution in [3.8, 4) is 6.07 Å². The summed E-state index contributed by atoms with van der Waals surface area (Å²) in [7, 11) is -3.80. The van der Waals surface area contributed by atoms with Gasteiger partial charge in [0.1, 0.15) is 0 Å². The monoisotopic (exact) mass is 277 g/mol. The molecule has 0 atom stereocenters. The molecule has 1 N–H and O–H groups in total. The Morgan fingerprint density at radius 3 is 2.63 bits per heavy atom. The highest BCUT2D eigenvalue weighted by molar-refractivity contribution is 7.92. The van der Waals surface area contributed by atoms with E-state index in [9.17, 15) is 8.42 Å². The Kier molecular flexibility index (Phi) is 3.27. The number of nitriles is 1. The maximum atomic E-state index is 12.2. The predicted octanol–water partition coefficient (Wildman–Crippen LogP) is 1.96. The first kappa shape index (κ1) is 13.1. The average Bonchev–Trinajstić information content (AvgIpc) is 2.74. The van der Waals surface area contributed by atoms with Crippen molar-refractivity contribution in [1.82, 2.24) is 5.16 Å². The molecule has 0 saturated heterocycles. The Balaban J connectivity index is 2.42. The number of aromatic nitrogens is 1. The lowest BCUT2D eigenvalue weighted by Crippen LogP contribution is -2.14. The fraction of sp³-hybridized carbons (Fsp3) is 0.167. The molecule has 0 aliphatic heterocycles. The lowest BCUT2D eigenvalue weighted by atomic mass is 10.2. The minimum Gasteiger partial charge on any atom is -0.338 e. The Morgan fingerprint density at radius 2 is 2.05 bits per heavy atom. The molecule has 2 aromatic rings. The van der Waals surface area contributed by atoms with E-state index < -0.39 is 10.0 Å². The summed E-state index contributed by atoms with van der Waals surface area (Å²) in [6.07, 6.45) is 0. The smallest absolute Gasteiger partial charge is 0.264 e. The van der Waals surface area contributed by atoms with Gasteiger partial charge in [0.25, 0.3) is 10.0 Å². The Morgan fingerprint density at radius 1 is 1.32 bits per heavy atom. The van der Waals surface area contributed by atoms with Gasteiger partial charge in [-0.3, -0.25) is 0 Å². The summed E-state index contributed by atoms with van der Waals surface area (Å²) in [6.45, 7) is 3.34. The van der Waals surface area contributed by atoms with Gasteiger partial charge in [0, 0.05) is 6.07 Å². The van der Waals surface area contributed by atoms with Gasteiger partial charge in [-0.15, -0.1) is 0 Å². The van der Waals surface area contributed by atoms with Gasteiger partial charge in [0.15, 0.2) is 0 Å². The van der Waals surface area contributed by atoms with Crippen molar-refractivity contribution in [1.29, 1.82) is 5.26 Å².